The number of rotatable bonds is 6. The average molecular weight is 295 g/mol. The molecule has 0 aromatic carbocycles. The summed E-state index contributed by atoms with van der Waals surface area (Å²) in [7, 11) is 0. The Hall–Kier alpha value is -0.170. The zero-order valence-electron chi connectivity index (χ0n) is 12.9. The van der Waals surface area contributed by atoms with E-state index >= 15 is 0 Å². The van der Waals surface area contributed by atoms with Crippen LogP contribution in [-0.2, 0) is 0 Å². The zero-order valence-corrected chi connectivity index (χ0v) is 13.8. The number of piperazine rings is 1. The standard InChI is InChI=1S/C17H30N2S/c1-3-11-20-12-10-19-14-17(18-13-16(19)4-2)15-8-6-5-7-9-15/h1,15-18H,4-14H2,2H3. The van der Waals surface area contributed by atoms with Crippen LogP contribution in [0.4, 0.5) is 0 Å². The lowest BCUT2D eigenvalue weighted by molar-refractivity contribution is 0.0997. The van der Waals surface area contributed by atoms with Crippen LogP contribution in [0.25, 0.3) is 0 Å². The molecule has 0 bridgehead atoms. The van der Waals surface area contributed by atoms with Gasteiger partial charge in [0.25, 0.3) is 0 Å². The highest BCUT2D eigenvalue weighted by Gasteiger charge is 2.31. The molecule has 0 radical (unpaired) electrons. The molecule has 1 saturated heterocycles. The van der Waals surface area contributed by atoms with E-state index in [1.54, 1.807) is 0 Å². The summed E-state index contributed by atoms with van der Waals surface area (Å²) in [5.74, 6) is 5.68. The molecule has 2 nitrogen and oxygen atoms in total. The lowest BCUT2D eigenvalue weighted by Crippen LogP contribution is -2.59. The van der Waals surface area contributed by atoms with Crippen molar-refractivity contribution >= 4 is 11.8 Å². The molecule has 1 aliphatic heterocycles. The number of thioether (sulfide) groups is 1. The van der Waals surface area contributed by atoms with Crippen molar-refractivity contribution in [1.82, 2.24) is 10.2 Å². The summed E-state index contributed by atoms with van der Waals surface area (Å²) in [6, 6.07) is 1.46. The van der Waals surface area contributed by atoms with Crippen molar-refractivity contribution in [3.05, 3.63) is 0 Å². The van der Waals surface area contributed by atoms with Gasteiger partial charge in [0, 0.05) is 37.5 Å². The van der Waals surface area contributed by atoms with E-state index < -0.39 is 0 Å². The van der Waals surface area contributed by atoms with Crippen LogP contribution in [0.2, 0.25) is 0 Å². The first-order valence-corrected chi connectivity index (χ1v) is 9.49. The summed E-state index contributed by atoms with van der Waals surface area (Å²) in [6.07, 6.45) is 13.8. The molecule has 114 valence electrons. The average Bonchev–Trinajstić information content (AvgIpc) is 2.52. The van der Waals surface area contributed by atoms with Gasteiger partial charge < -0.3 is 5.32 Å². The second-order valence-electron chi connectivity index (χ2n) is 6.23. The molecule has 0 aromatic heterocycles. The highest BCUT2D eigenvalue weighted by Crippen LogP contribution is 2.28. The van der Waals surface area contributed by atoms with E-state index in [4.69, 9.17) is 6.42 Å². The molecule has 2 atom stereocenters. The number of terminal acetylenes is 1. The minimum Gasteiger partial charge on any atom is -0.311 e. The quantitative estimate of drug-likeness (QED) is 0.599. The molecule has 1 N–H and O–H groups in total. The van der Waals surface area contributed by atoms with Crippen molar-refractivity contribution in [1.29, 1.82) is 0 Å². The monoisotopic (exact) mass is 294 g/mol. The van der Waals surface area contributed by atoms with Gasteiger partial charge in [0.2, 0.25) is 0 Å². The van der Waals surface area contributed by atoms with Crippen LogP contribution < -0.4 is 5.32 Å². The number of nitrogens with zero attached hydrogens (tertiary/aromatic N) is 1. The Morgan fingerprint density at radius 2 is 2.10 bits per heavy atom. The van der Waals surface area contributed by atoms with Gasteiger partial charge >= 0.3 is 0 Å². The first-order chi connectivity index (χ1) is 9.85. The Kier molecular flexibility index (Phi) is 7.27. The van der Waals surface area contributed by atoms with E-state index in [1.165, 1.54) is 63.9 Å². The number of nitrogens with one attached hydrogen (secondary N) is 1. The molecule has 1 heterocycles. The SMILES string of the molecule is C#CCSCCN1CC(C2CCCCC2)NCC1CC. The van der Waals surface area contributed by atoms with Gasteiger partial charge in [-0.1, -0.05) is 32.1 Å². The van der Waals surface area contributed by atoms with E-state index in [0.717, 1.165) is 23.8 Å². The normalized spacial score (nSPS) is 29.2. The summed E-state index contributed by atoms with van der Waals surface area (Å²) < 4.78 is 0. The molecular formula is C17H30N2S. The van der Waals surface area contributed by atoms with E-state index in [-0.39, 0.29) is 0 Å². The van der Waals surface area contributed by atoms with Gasteiger partial charge in [-0.05, 0) is 25.2 Å². The summed E-state index contributed by atoms with van der Waals surface area (Å²) >= 11 is 1.90. The maximum absolute atomic E-state index is 5.33. The third-order valence-electron chi connectivity index (χ3n) is 4.96. The van der Waals surface area contributed by atoms with Crippen LogP contribution in [0.5, 0.6) is 0 Å². The first-order valence-electron chi connectivity index (χ1n) is 8.33. The predicted molar refractivity (Wildman–Crippen MR) is 90.2 cm³/mol. The lowest BCUT2D eigenvalue weighted by atomic mass is 9.82. The summed E-state index contributed by atoms with van der Waals surface area (Å²) in [4.78, 5) is 2.72. The predicted octanol–water partition coefficient (Wildman–Crippen LogP) is 2.99. The van der Waals surface area contributed by atoms with Gasteiger partial charge in [0.1, 0.15) is 0 Å². The molecule has 0 aromatic rings. The Balaban J connectivity index is 1.81. The van der Waals surface area contributed by atoms with Gasteiger partial charge in [0.05, 0.1) is 5.75 Å². The van der Waals surface area contributed by atoms with E-state index in [1.807, 2.05) is 11.8 Å². The molecule has 1 aliphatic carbocycles. The second kappa shape index (κ2) is 8.97. The topological polar surface area (TPSA) is 15.3 Å². The van der Waals surface area contributed by atoms with E-state index in [2.05, 4.69) is 23.1 Å². The minimum absolute atomic E-state index is 0.723. The van der Waals surface area contributed by atoms with Crippen LogP contribution in [0.1, 0.15) is 45.4 Å². The van der Waals surface area contributed by atoms with Crippen LogP contribution in [0.15, 0.2) is 0 Å². The third kappa shape index (κ3) is 4.69. The lowest BCUT2D eigenvalue weighted by Gasteiger charge is -2.43. The third-order valence-corrected chi connectivity index (χ3v) is 5.80. The van der Waals surface area contributed by atoms with Crippen molar-refractivity contribution in [2.75, 3.05) is 31.1 Å². The summed E-state index contributed by atoms with van der Waals surface area (Å²) in [5.41, 5.74) is 0. The van der Waals surface area contributed by atoms with Crippen molar-refractivity contribution in [3.63, 3.8) is 0 Å². The molecule has 20 heavy (non-hydrogen) atoms. The first kappa shape index (κ1) is 16.2. The Morgan fingerprint density at radius 3 is 2.80 bits per heavy atom. The van der Waals surface area contributed by atoms with Crippen molar-refractivity contribution < 1.29 is 0 Å². The summed E-state index contributed by atoms with van der Waals surface area (Å²) in [5, 5.41) is 3.84. The van der Waals surface area contributed by atoms with Gasteiger partial charge in [0.15, 0.2) is 0 Å². The molecule has 0 spiro atoms. The van der Waals surface area contributed by atoms with Crippen LogP contribution in [-0.4, -0.2) is 48.1 Å². The van der Waals surface area contributed by atoms with Gasteiger partial charge in [-0.25, -0.2) is 0 Å². The Labute approximate surface area is 129 Å². The number of hydrogen-bond acceptors (Lipinski definition) is 3. The maximum Gasteiger partial charge on any atom is 0.0545 e. The largest absolute Gasteiger partial charge is 0.311 e. The number of hydrogen-bond donors (Lipinski definition) is 1. The van der Waals surface area contributed by atoms with Crippen LogP contribution in [0, 0.1) is 18.3 Å². The van der Waals surface area contributed by atoms with E-state index in [0.29, 0.717) is 0 Å². The van der Waals surface area contributed by atoms with Crippen molar-refractivity contribution in [3.8, 4) is 12.3 Å². The molecule has 2 unspecified atom stereocenters. The Bertz CT molecular complexity index is 307. The molecule has 2 rings (SSSR count). The van der Waals surface area contributed by atoms with Crippen LogP contribution in [0.3, 0.4) is 0 Å². The fourth-order valence-electron chi connectivity index (χ4n) is 3.72. The molecule has 2 aliphatic rings. The fourth-order valence-corrected chi connectivity index (χ4v) is 4.35. The minimum atomic E-state index is 0.723. The zero-order chi connectivity index (χ0) is 14.2. The molecule has 0 amide bonds. The van der Waals surface area contributed by atoms with Gasteiger partial charge in [-0.15, -0.1) is 18.2 Å². The molecule has 1 saturated carbocycles. The highest BCUT2D eigenvalue weighted by atomic mass is 32.2. The van der Waals surface area contributed by atoms with Crippen molar-refractivity contribution in [2.45, 2.75) is 57.5 Å². The fraction of sp³-hybridized carbons (Fsp3) is 0.882. The smallest absolute Gasteiger partial charge is 0.0545 e. The molecule has 3 heteroatoms. The highest BCUT2D eigenvalue weighted by molar-refractivity contribution is 7.99. The van der Waals surface area contributed by atoms with E-state index in [9.17, 15) is 0 Å². The second-order valence-corrected chi connectivity index (χ2v) is 7.33. The van der Waals surface area contributed by atoms with Gasteiger partial charge in [-0.2, -0.15) is 0 Å². The molecular weight excluding hydrogens is 264 g/mol. The van der Waals surface area contributed by atoms with Crippen LogP contribution >= 0.6 is 11.8 Å². The molecule has 2 fully saturated rings. The maximum atomic E-state index is 5.33. The summed E-state index contributed by atoms with van der Waals surface area (Å²) in [6.45, 7) is 5.95. The van der Waals surface area contributed by atoms with Gasteiger partial charge in [-0.3, -0.25) is 4.90 Å². The Morgan fingerprint density at radius 1 is 1.30 bits per heavy atom. The van der Waals surface area contributed by atoms with Crippen molar-refractivity contribution in [2.24, 2.45) is 5.92 Å².